The lowest BCUT2D eigenvalue weighted by molar-refractivity contribution is 0.340. The number of nitrogens with zero attached hydrogens (tertiary/aromatic N) is 1. The van der Waals surface area contributed by atoms with Crippen molar-refractivity contribution in [3.8, 4) is 17.0 Å². The van der Waals surface area contributed by atoms with Crippen molar-refractivity contribution in [2.24, 2.45) is 0 Å². The molecule has 0 saturated heterocycles. The molecule has 2 rings (SSSR count). The van der Waals surface area contributed by atoms with Crippen molar-refractivity contribution in [2.45, 2.75) is 46.0 Å². The highest BCUT2D eigenvalue weighted by atomic mass is 16.5. The predicted octanol–water partition coefficient (Wildman–Crippen LogP) is 5.27. The topological polar surface area (TPSA) is 22.1 Å². The molecule has 0 atom stereocenters. The van der Waals surface area contributed by atoms with Crippen LogP contribution in [0.4, 0.5) is 0 Å². The Morgan fingerprint density at radius 3 is 2.33 bits per heavy atom. The molecule has 2 heteroatoms. The molecule has 0 aliphatic rings. The third kappa shape index (κ3) is 4.89. The number of ether oxygens (including phenoxy) is 1. The van der Waals surface area contributed by atoms with Crippen molar-refractivity contribution < 1.29 is 4.74 Å². The van der Waals surface area contributed by atoms with Gasteiger partial charge in [-0.25, -0.2) is 0 Å². The van der Waals surface area contributed by atoms with Crippen LogP contribution in [0.25, 0.3) is 11.3 Å². The maximum atomic E-state index is 5.46. The van der Waals surface area contributed by atoms with E-state index in [-0.39, 0.29) is 0 Å². The van der Waals surface area contributed by atoms with E-state index in [1.807, 2.05) is 25.3 Å². The first kappa shape index (κ1) is 15.6. The molecule has 2 aromatic rings. The molecule has 112 valence electrons. The van der Waals surface area contributed by atoms with Gasteiger partial charge in [-0.1, -0.05) is 32.3 Å². The van der Waals surface area contributed by atoms with Crippen LogP contribution in [0.15, 0.2) is 42.6 Å². The fraction of sp³-hybridized carbons (Fsp3) is 0.421. The summed E-state index contributed by atoms with van der Waals surface area (Å²) in [5, 5.41) is 0. The average molecular weight is 283 g/mol. The Balaban J connectivity index is 1.94. The van der Waals surface area contributed by atoms with Gasteiger partial charge in [0.25, 0.3) is 0 Å². The third-order valence-corrected chi connectivity index (χ3v) is 3.60. The van der Waals surface area contributed by atoms with Crippen LogP contribution in [0.1, 0.15) is 45.1 Å². The molecule has 21 heavy (non-hydrogen) atoms. The lowest BCUT2D eigenvalue weighted by Gasteiger charge is -2.06. The average Bonchev–Trinajstić information content (AvgIpc) is 2.53. The van der Waals surface area contributed by atoms with Gasteiger partial charge in [-0.15, -0.1) is 0 Å². The summed E-state index contributed by atoms with van der Waals surface area (Å²) in [7, 11) is 0. The second-order valence-corrected chi connectivity index (χ2v) is 5.32. The Hall–Kier alpha value is -1.83. The number of pyridine rings is 1. The van der Waals surface area contributed by atoms with Gasteiger partial charge in [-0.2, -0.15) is 0 Å². The molecule has 0 aliphatic carbocycles. The second-order valence-electron chi connectivity index (χ2n) is 5.32. The summed E-state index contributed by atoms with van der Waals surface area (Å²) in [4.78, 5) is 4.58. The van der Waals surface area contributed by atoms with Crippen LogP contribution in [0.3, 0.4) is 0 Å². The first-order valence-corrected chi connectivity index (χ1v) is 8.01. The van der Waals surface area contributed by atoms with Crippen LogP contribution in [0.2, 0.25) is 0 Å². The molecule has 0 spiro atoms. The van der Waals surface area contributed by atoms with Gasteiger partial charge in [-0.3, -0.25) is 4.98 Å². The van der Waals surface area contributed by atoms with Crippen LogP contribution < -0.4 is 4.74 Å². The van der Waals surface area contributed by atoms with E-state index >= 15 is 0 Å². The van der Waals surface area contributed by atoms with Gasteiger partial charge < -0.3 is 4.74 Å². The van der Waals surface area contributed by atoms with Crippen molar-refractivity contribution in [3.63, 3.8) is 0 Å². The van der Waals surface area contributed by atoms with E-state index in [4.69, 9.17) is 4.74 Å². The van der Waals surface area contributed by atoms with Gasteiger partial charge in [0.2, 0.25) is 0 Å². The molecule has 1 heterocycles. The molecular formula is C19H25NO. The van der Waals surface area contributed by atoms with E-state index in [0.29, 0.717) is 6.61 Å². The zero-order valence-corrected chi connectivity index (χ0v) is 13.1. The summed E-state index contributed by atoms with van der Waals surface area (Å²) in [5.41, 5.74) is 3.49. The largest absolute Gasteiger partial charge is 0.494 e. The minimum absolute atomic E-state index is 0.699. The normalized spacial score (nSPS) is 10.6. The summed E-state index contributed by atoms with van der Waals surface area (Å²) in [6.45, 7) is 4.94. The van der Waals surface area contributed by atoms with Crippen molar-refractivity contribution in [1.82, 2.24) is 4.98 Å². The molecule has 0 amide bonds. The maximum absolute atomic E-state index is 5.46. The van der Waals surface area contributed by atoms with Crippen molar-refractivity contribution in [1.29, 1.82) is 0 Å². The van der Waals surface area contributed by atoms with E-state index in [0.717, 1.165) is 23.4 Å². The Morgan fingerprint density at radius 2 is 1.71 bits per heavy atom. The number of aryl methyl sites for hydroxylation is 1. The number of rotatable bonds is 8. The minimum Gasteiger partial charge on any atom is -0.494 e. The first-order valence-electron chi connectivity index (χ1n) is 8.01. The molecule has 0 unspecified atom stereocenters. The molecule has 0 fully saturated rings. The zero-order valence-electron chi connectivity index (χ0n) is 13.1. The van der Waals surface area contributed by atoms with E-state index in [1.165, 1.54) is 31.2 Å². The molecule has 0 saturated carbocycles. The molecule has 0 bridgehead atoms. The number of hydrogen-bond donors (Lipinski definition) is 0. The highest BCUT2D eigenvalue weighted by molar-refractivity contribution is 5.60. The quantitative estimate of drug-likeness (QED) is 0.616. The smallest absolute Gasteiger partial charge is 0.119 e. The Bertz CT molecular complexity index is 516. The van der Waals surface area contributed by atoms with Crippen molar-refractivity contribution in [2.75, 3.05) is 6.61 Å². The predicted molar refractivity (Wildman–Crippen MR) is 88.7 cm³/mol. The molecule has 0 aliphatic heterocycles. The number of benzene rings is 1. The molecular weight excluding hydrogens is 258 g/mol. The summed E-state index contributed by atoms with van der Waals surface area (Å²) in [6.07, 6.45) is 8.34. The molecule has 0 radical (unpaired) electrons. The zero-order chi connectivity index (χ0) is 14.9. The summed E-state index contributed by atoms with van der Waals surface area (Å²) in [6, 6.07) is 12.4. The number of unbranched alkanes of at least 4 members (excludes halogenated alkanes) is 3. The minimum atomic E-state index is 0.699. The molecule has 2 nitrogen and oxygen atoms in total. The van der Waals surface area contributed by atoms with Crippen LogP contribution in [-0.2, 0) is 6.42 Å². The Labute approximate surface area is 128 Å². The fourth-order valence-corrected chi connectivity index (χ4v) is 2.39. The lowest BCUT2D eigenvalue weighted by atomic mass is 10.1. The first-order chi connectivity index (χ1) is 10.3. The van der Waals surface area contributed by atoms with E-state index in [9.17, 15) is 0 Å². The SMILES string of the molecule is CCCCCCc1ccc(-c2ccc(OCC)cc2)nc1. The summed E-state index contributed by atoms with van der Waals surface area (Å²) < 4.78 is 5.46. The van der Waals surface area contributed by atoms with Crippen molar-refractivity contribution >= 4 is 0 Å². The van der Waals surface area contributed by atoms with Gasteiger partial charge in [0.1, 0.15) is 5.75 Å². The lowest BCUT2D eigenvalue weighted by Crippen LogP contribution is -1.92. The van der Waals surface area contributed by atoms with E-state index in [1.54, 1.807) is 0 Å². The highest BCUT2D eigenvalue weighted by Crippen LogP contribution is 2.21. The number of hydrogen-bond acceptors (Lipinski definition) is 2. The van der Waals surface area contributed by atoms with Crippen molar-refractivity contribution in [3.05, 3.63) is 48.2 Å². The van der Waals surface area contributed by atoms with Gasteiger partial charge in [-0.05, 0) is 55.7 Å². The fourth-order valence-electron chi connectivity index (χ4n) is 2.39. The monoisotopic (exact) mass is 283 g/mol. The third-order valence-electron chi connectivity index (χ3n) is 3.60. The van der Waals surface area contributed by atoms with Crippen LogP contribution in [0.5, 0.6) is 5.75 Å². The van der Waals surface area contributed by atoms with Gasteiger partial charge in [0, 0.05) is 11.8 Å². The molecule has 1 aromatic carbocycles. The summed E-state index contributed by atoms with van der Waals surface area (Å²) in [5.74, 6) is 0.911. The highest BCUT2D eigenvalue weighted by Gasteiger charge is 2.01. The second kappa shape index (κ2) is 8.46. The summed E-state index contributed by atoms with van der Waals surface area (Å²) >= 11 is 0. The number of aromatic nitrogens is 1. The maximum Gasteiger partial charge on any atom is 0.119 e. The Morgan fingerprint density at radius 1 is 0.905 bits per heavy atom. The van der Waals surface area contributed by atoms with Gasteiger partial charge in [0.15, 0.2) is 0 Å². The van der Waals surface area contributed by atoms with Crippen LogP contribution in [-0.4, -0.2) is 11.6 Å². The van der Waals surface area contributed by atoms with Crippen LogP contribution in [0, 0.1) is 0 Å². The van der Waals surface area contributed by atoms with E-state index in [2.05, 4.69) is 36.2 Å². The van der Waals surface area contributed by atoms with Crippen LogP contribution >= 0.6 is 0 Å². The Kier molecular flexibility index (Phi) is 6.26. The molecule has 0 N–H and O–H groups in total. The molecule has 1 aromatic heterocycles. The van der Waals surface area contributed by atoms with E-state index < -0.39 is 0 Å². The standard InChI is InChI=1S/C19H25NO/c1-3-5-6-7-8-16-9-14-19(20-15-16)17-10-12-18(13-11-17)21-4-2/h9-15H,3-8H2,1-2H3. The van der Waals surface area contributed by atoms with Gasteiger partial charge >= 0.3 is 0 Å². The van der Waals surface area contributed by atoms with Gasteiger partial charge in [0.05, 0.1) is 12.3 Å².